The summed E-state index contributed by atoms with van der Waals surface area (Å²) < 4.78 is 54.4. The van der Waals surface area contributed by atoms with Crippen LogP contribution in [0.4, 0.5) is 0 Å². The van der Waals surface area contributed by atoms with E-state index < -0.39 is 27.2 Å². The first-order valence-corrected chi connectivity index (χ1v) is 20.1. The van der Waals surface area contributed by atoms with E-state index >= 15 is 0 Å². The van der Waals surface area contributed by atoms with Crippen molar-refractivity contribution in [3.8, 4) is 0 Å². The van der Waals surface area contributed by atoms with Crippen LogP contribution in [0.2, 0.25) is 0 Å². The number of piperazine rings is 2. The first-order chi connectivity index (χ1) is 23.3. The van der Waals surface area contributed by atoms with E-state index in [1.807, 2.05) is 31.2 Å². The number of hydrogen-bond donors (Lipinski definition) is 2. The van der Waals surface area contributed by atoms with Crippen molar-refractivity contribution in [2.75, 3.05) is 39.3 Å². The summed E-state index contributed by atoms with van der Waals surface area (Å²) in [6.07, 6.45) is 0. The average Bonchev–Trinajstić information content (AvgIpc) is 3.83. The van der Waals surface area contributed by atoms with E-state index in [9.17, 15) is 36.5 Å². The molecular formula is C32H37BN4O8S4. The number of benzene rings is 2. The van der Waals surface area contributed by atoms with Gasteiger partial charge in [0.15, 0.2) is 0 Å². The predicted molar refractivity (Wildman–Crippen MR) is 190 cm³/mol. The Labute approximate surface area is 295 Å². The second kappa shape index (κ2) is 15.6. The summed E-state index contributed by atoms with van der Waals surface area (Å²) in [4.78, 5) is 28.4. The molecule has 0 spiro atoms. The number of nitrogens with zero attached hydrogens (tertiary/aromatic N) is 4. The van der Waals surface area contributed by atoms with Crippen LogP contribution in [-0.4, -0.2) is 116 Å². The number of rotatable bonds is 7. The third-order valence-corrected chi connectivity index (χ3v) is 15.2. The van der Waals surface area contributed by atoms with Crippen molar-refractivity contribution in [2.45, 2.75) is 34.3 Å². The van der Waals surface area contributed by atoms with Crippen molar-refractivity contribution < 1.29 is 36.5 Å². The smallest absolute Gasteiger partial charge is 0.423 e. The van der Waals surface area contributed by atoms with Crippen LogP contribution >= 0.6 is 22.7 Å². The highest BCUT2D eigenvalue weighted by molar-refractivity contribution is 7.91. The van der Waals surface area contributed by atoms with Gasteiger partial charge < -0.3 is 19.8 Å². The summed E-state index contributed by atoms with van der Waals surface area (Å²) in [7, 11) is -8.91. The molecule has 2 atom stereocenters. The van der Waals surface area contributed by atoms with Gasteiger partial charge >= 0.3 is 7.12 Å². The molecule has 12 nitrogen and oxygen atoms in total. The quantitative estimate of drug-likeness (QED) is 0.273. The maximum atomic E-state index is 12.8. The van der Waals surface area contributed by atoms with Gasteiger partial charge in [0.25, 0.3) is 31.9 Å². The minimum Gasteiger partial charge on any atom is -0.423 e. The minimum atomic E-state index is -3.75. The fourth-order valence-electron chi connectivity index (χ4n) is 5.74. The number of amides is 2. The minimum absolute atomic E-state index is 0.0504. The van der Waals surface area contributed by atoms with E-state index in [-0.39, 0.29) is 39.4 Å². The Kier molecular flexibility index (Phi) is 11.8. The highest BCUT2D eigenvalue weighted by atomic mass is 32.3. The monoisotopic (exact) mass is 744 g/mol. The molecule has 6 rings (SSSR count). The highest BCUT2D eigenvalue weighted by Gasteiger charge is 2.37. The van der Waals surface area contributed by atoms with Crippen molar-refractivity contribution >= 4 is 66.4 Å². The van der Waals surface area contributed by atoms with Gasteiger partial charge in [0.05, 0.1) is 0 Å². The molecular weight excluding hydrogens is 707 g/mol. The second-order valence-electron chi connectivity index (χ2n) is 11.6. The zero-order chi connectivity index (χ0) is 35.3. The predicted octanol–water partition coefficient (Wildman–Crippen LogP) is 2.25. The molecule has 2 N–H and O–H groups in total. The fourth-order valence-corrected chi connectivity index (χ4v) is 11.4. The van der Waals surface area contributed by atoms with Gasteiger partial charge in [-0.15, -0.1) is 22.7 Å². The van der Waals surface area contributed by atoms with E-state index in [4.69, 9.17) is 0 Å². The van der Waals surface area contributed by atoms with Gasteiger partial charge in [0.2, 0.25) is 0 Å². The standard InChI is InChI=1S/C16H19BN2O5S2.C16H18N2O3S2/c1-12-11-18(16(20)13-5-3-2-4-6-13)9-10-19(12)26(23,24)15-8-7-14(25-15)17(21)22;1-13-12-17(16(19)14-6-3-2-4-7-14)9-10-18(13)23(20,21)15-8-5-11-22-15/h2-8,12,21-22H,9-11H2,1H3;2-8,11,13H,9-10,12H2,1H3. The SMILES string of the molecule is CC1CN(C(=O)c2ccccc2)CCN1S(=O)(=O)c1ccc(B(O)O)s1.CC1CN(C(=O)c2ccccc2)CCN1S(=O)(=O)c1cccs1. The fraction of sp³-hybridized carbons (Fsp3) is 0.312. The van der Waals surface area contributed by atoms with Crippen LogP contribution in [-0.2, 0) is 20.0 Å². The van der Waals surface area contributed by atoms with E-state index in [1.165, 1.54) is 32.1 Å². The number of sulfonamides is 2. The largest absolute Gasteiger partial charge is 0.499 e. The van der Waals surface area contributed by atoms with Crippen LogP contribution in [0.25, 0.3) is 0 Å². The topological polar surface area (TPSA) is 156 Å². The summed E-state index contributed by atoms with van der Waals surface area (Å²) in [6, 6.07) is 23.5. The molecule has 2 aliphatic rings. The van der Waals surface area contributed by atoms with Crippen LogP contribution < -0.4 is 4.78 Å². The molecule has 2 saturated heterocycles. The summed E-state index contributed by atoms with van der Waals surface area (Å²) in [6.45, 7) is 5.52. The van der Waals surface area contributed by atoms with Gasteiger partial charge in [-0.2, -0.15) is 8.61 Å². The van der Waals surface area contributed by atoms with Crippen LogP contribution in [0.15, 0.2) is 98.7 Å². The lowest BCUT2D eigenvalue weighted by Crippen LogP contribution is -2.55. The van der Waals surface area contributed by atoms with Crippen LogP contribution in [0, 0.1) is 0 Å². The maximum Gasteiger partial charge on any atom is 0.499 e. The molecule has 17 heteroatoms. The van der Waals surface area contributed by atoms with E-state index in [0.717, 1.165) is 11.3 Å². The highest BCUT2D eigenvalue weighted by Crippen LogP contribution is 2.26. The number of carbonyl (C=O) groups excluding carboxylic acids is 2. The lowest BCUT2D eigenvalue weighted by molar-refractivity contribution is 0.0637. The second-order valence-corrected chi connectivity index (χ2v) is 17.9. The Morgan fingerprint density at radius 3 is 1.51 bits per heavy atom. The normalized spacial score (nSPS) is 19.2. The van der Waals surface area contributed by atoms with Gasteiger partial charge in [-0.25, -0.2) is 16.8 Å². The number of carbonyl (C=O) groups is 2. The lowest BCUT2D eigenvalue weighted by atomic mass is 9.90. The van der Waals surface area contributed by atoms with E-state index in [0.29, 0.717) is 48.1 Å². The Hall–Kier alpha value is -3.42. The molecule has 2 aromatic heterocycles. The van der Waals surface area contributed by atoms with Crippen molar-refractivity contribution in [2.24, 2.45) is 0 Å². The van der Waals surface area contributed by atoms with Crippen molar-refractivity contribution in [3.63, 3.8) is 0 Å². The Bertz CT molecular complexity index is 1940. The van der Waals surface area contributed by atoms with Gasteiger partial charge in [-0.3, -0.25) is 9.59 Å². The molecule has 0 aliphatic carbocycles. The van der Waals surface area contributed by atoms with Crippen molar-refractivity contribution in [3.05, 3.63) is 101 Å². The van der Waals surface area contributed by atoms with Crippen LogP contribution in [0.1, 0.15) is 34.6 Å². The molecule has 2 aliphatic heterocycles. The molecule has 4 aromatic rings. The summed E-state index contributed by atoms with van der Waals surface area (Å²) in [5.41, 5.74) is 1.21. The van der Waals surface area contributed by atoms with Gasteiger partial charge in [-0.1, -0.05) is 48.5 Å². The first kappa shape index (κ1) is 36.9. The summed E-state index contributed by atoms with van der Waals surface area (Å²) in [5.74, 6) is -0.165. The molecule has 4 heterocycles. The molecule has 2 fully saturated rings. The lowest BCUT2D eigenvalue weighted by Gasteiger charge is -2.38. The molecule has 2 amide bonds. The Morgan fingerprint density at radius 1 is 0.653 bits per heavy atom. The molecule has 0 bridgehead atoms. The molecule has 2 aromatic carbocycles. The van der Waals surface area contributed by atoms with Crippen molar-refractivity contribution in [1.82, 2.24) is 18.4 Å². The summed E-state index contributed by atoms with van der Waals surface area (Å²) in [5, 5.41) is 20.1. The molecule has 2 unspecified atom stereocenters. The van der Waals surface area contributed by atoms with Gasteiger partial charge in [-0.05, 0) is 55.6 Å². The molecule has 0 saturated carbocycles. The molecule has 49 heavy (non-hydrogen) atoms. The van der Waals surface area contributed by atoms with Gasteiger partial charge in [0.1, 0.15) is 8.42 Å². The number of hydrogen-bond acceptors (Lipinski definition) is 10. The van der Waals surface area contributed by atoms with Crippen molar-refractivity contribution in [1.29, 1.82) is 0 Å². The van der Waals surface area contributed by atoms with E-state index in [2.05, 4.69) is 0 Å². The van der Waals surface area contributed by atoms with Crippen LogP contribution in [0.5, 0.6) is 0 Å². The Balaban J connectivity index is 0.000000192. The maximum absolute atomic E-state index is 12.8. The average molecular weight is 745 g/mol. The zero-order valence-corrected chi connectivity index (χ0v) is 30.2. The molecule has 260 valence electrons. The van der Waals surface area contributed by atoms with Crippen LogP contribution in [0.3, 0.4) is 0 Å². The molecule has 0 radical (unpaired) electrons. The zero-order valence-electron chi connectivity index (χ0n) is 26.9. The Morgan fingerprint density at radius 2 is 1.12 bits per heavy atom. The van der Waals surface area contributed by atoms with E-state index in [1.54, 1.807) is 70.6 Å². The number of thiophene rings is 2. The third-order valence-electron chi connectivity index (χ3n) is 8.23. The first-order valence-electron chi connectivity index (χ1n) is 15.5. The summed E-state index contributed by atoms with van der Waals surface area (Å²) >= 11 is 2.06. The third kappa shape index (κ3) is 8.32. The van der Waals surface area contributed by atoms with Gasteiger partial charge in [0, 0.05) is 67.3 Å².